The van der Waals surface area contributed by atoms with Crippen molar-refractivity contribution in [2.24, 2.45) is 0 Å². The fourth-order valence-electron chi connectivity index (χ4n) is 1.61. The Kier molecular flexibility index (Phi) is 3.02. The van der Waals surface area contributed by atoms with Gasteiger partial charge < -0.3 is 10.4 Å². The maximum Gasteiger partial charge on any atom is 0.312 e. The largest absolute Gasteiger partial charge is 0.481 e. The second-order valence-corrected chi connectivity index (χ2v) is 3.98. The maximum absolute atomic E-state index is 11.1. The van der Waals surface area contributed by atoms with E-state index in [1.165, 1.54) is 12.8 Å². The Morgan fingerprint density at radius 1 is 1.40 bits per heavy atom. The summed E-state index contributed by atoms with van der Waals surface area (Å²) in [5.41, 5.74) is 0.873. The zero-order chi connectivity index (χ0) is 10.7. The topological polar surface area (TPSA) is 49.3 Å². The average molecular weight is 205 g/mol. The Bertz CT molecular complexity index is 333. The van der Waals surface area contributed by atoms with E-state index in [0.29, 0.717) is 12.6 Å². The molecule has 80 valence electrons. The number of carboxylic acid groups (broad SMARTS) is 1. The fraction of sp³-hybridized carbons (Fsp3) is 0.417. The van der Waals surface area contributed by atoms with Crippen LogP contribution in [-0.4, -0.2) is 23.7 Å². The molecule has 1 aromatic carbocycles. The van der Waals surface area contributed by atoms with E-state index in [1.54, 1.807) is 0 Å². The highest BCUT2D eigenvalue weighted by Crippen LogP contribution is 2.21. The summed E-state index contributed by atoms with van der Waals surface area (Å²) in [6.07, 6.45) is 2.36. The summed E-state index contributed by atoms with van der Waals surface area (Å²) in [5, 5.41) is 12.4. The van der Waals surface area contributed by atoms with Crippen LogP contribution in [0.3, 0.4) is 0 Å². The van der Waals surface area contributed by atoms with E-state index in [1.807, 2.05) is 30.3 Å². The summed E-state index contributed by atoms with van der Waals surface area (Å²) >= 11 is 0. The number of aliphatic carboxylic acids is 1. The lowest BCUT2D eigenvalue weighted by molar-refractivity contribution is -0.138. The van der Waals surface area contributed by atoms with Gasteiger partial charge in [-0.05, 0) is 18.4 Å². The Morgan fingerprint density at radius 3 is 2.60 bits per heavy atom. The molecule has 3 nitrogen and oxygen atoms in total. The normalized spacial score (nSPS) is 17.3. The summed E-state index contributed by atoms with van der Waals surface area (Å²) in [7, 11) is 0. The lowest BCUT2D eigenvalue weighted by Gasteiger charge is -2.13. The predicted octanol–water partition coefficient (Wildman–Crippen LogP) is 1.61. The third-order valence-electron chi connectivity index (χ3n) is 2.69. The van der Waals surface area contributed by atoms with Gasteiger partial charge in [0.15, 0.2) is 0 Å². The van der Waals surface area contributed by atoms with Gasteiger partial charge in [0.05, 0.1) is 5.92 Å². The number of benzene rings is 1. The minimum Gasteiger partial charge on any atom is -0.481 e. The lowest BCUT2D eigenvalue weighted by atomic mass is 9.99. The van der Waals surface area contributed by atoms with Crippen LogP contribution in [-0.2, 0) is 4.79 Å². The van der Waals surface area contributed by atoms with E-state index in [9.17, 15) is 4.79 Å². The molecule has 2 N–H and O–H groups in total. The monoisotopic (exact) mass is 205 g/mol. The molecule has 1 aliphatic rings. The highest BCUT2D eigenvalue weighted by atomic mass is 16.4. The van der Waals surface area contributed by atoms with Gasteiger partial charge in [0, 0.05) is 12.6 Å². The SMILES string of the molecule is O=C(O)C(CNC1CC1)c1ccccc1. The van der Waals surface area contributed by atoms with Gasteiger partial charge in [-0.25, -0.2) is 0 Å². The molecule has 15 heavy (non-hydrogen) atoms. The molecule has 0 amide bonds. The van der Waals surface area contributed by atoms with Gasteiger partial charge in [-0.1, -0.05) is 30.3 Å². The molecule has 1 aliphatic carbocycles. The van der Waals surface area contributed by atoms with Gasteiger partial charge in [-0.3, -0.25) is 4.79 Å². The molecule has 1 unspecified atom stereocenters. The van der Waals surface area contributed by atoms with Crippen LogP contribution in [0.1, 0.15) is 24.3 Å². The van der Waals surface area contributed by atoms with Crippen LogP contribution in [0.5, 0.6) is 0 Å². The second-order valence-electron chi connectivity index (χ2n) is 3.98. The third-order valence-corrected chi connectivity index (χ3v) is 2.69. The van der Waals surface area contributed by atoms with Crippen molar-refractivity contribution >= 4 is 5.97 Å². The Hall–Kier alpha value is -1.35. The molecule has 2 rings (SSSR count). The Morgan fingerprint density at radius 2 is 2.07 bits per heavy atom. The van der Waals surface area contributed by atoms with E-state index in [2.05, 4.69) is 5.32 Å². The van der Waals surface area contributed by atoms with E-state index >= 15 is 0 Å². The van der Waals surface area contributed by atoms with Crippen molar-refractivity contribution < 1.29 is 9.90 Å². The van der Waals surface area contributed by atoms with Crippen LogP contribution in [0.15, 0.2) is 30.3 Å². The molecule has 0 heterocycles. The Labute approximate surface area is 89.1 Å². The van der Waals surface area contributed by atoms with Gasteiger partial charge in [0.1, 0.15) is 0 Å². The molecule has 0 spiro atoms. The maximum atomic E-state index is 11.1. The van der Waals surface area contributed by atoms with Crippen molar-refractivity contribution in [1.82, 2.24) is 5.32 Å². The molecular weight excluding hydrogens is 190 g/mol. The first kappa shape index (κ1) is 10.2. The molecule has 0 bridgehead atoms. The standard InChI is InChI=1S/C12H15NO2/c14-12(15)11(8-13-10-6-7-10)9-4-2-1-3-5-9/h1-5,10-11,13H,6-8H2,(H,14,15). The molecular formula is C12H15NO2. The molecule has 0 aromatic heterocycles. The van der Waals surface area contributed by atoms with Crippen molar-refractivity contribution in [3.05, 3.63) is 35.9 Å². The molecule has 1 saturated carbocycles. The summed E-state index contributed by atoms with van der Waals surface area (Å²) < 4.78 is 0. The zero-order valence-corrected chi connectivity index (χ0v) is 8.52. The number of hydrogen-bond acceptors (Lipinski definition) is 2. The average Bonchev–Trinajstić information content (AvgIpc) is 3.03. The number of carboxylic acids is 1. The van der Waals surface area contributed by atoms with Gasteiger partial charge in [0.2, 0.25) is 0 Å². The molecule has 1 atom stereocenters. The van der Waals surface area contributed by atoms with E-state index in [-0.39, 0.29) is 0 Å². The first-order valence-electron chi connectivity index (χ1n) is 5.28. The van der Waals surface area contributed by atoms with Crippen LogP contribution >= 0.6 is 0 Å². The van der Waals surface area contributed by atoms with Crippen molar-refractivity contribution in [2.45, 2.75) is 24.8 Å². The molecule has 0 radical (unpaired) electrons. The van der Waals surface area contributed by atoms with Crippen LogP contribution < -0.4 is 5.32 Å². The highest BCUT2D eigenvalue weighted by molar-refractivity contribution is 5.76. The first-order chi connectivity index (χ1) is 7.27. The van der Waals surface area contributed by atoms with Gasteiger partial charge in [-0.15, -0.1) is 0 Å². The second kappa shape index (κ2) is 4.45. The lowest BCUT2D eigenvalue weighted by Crippen LogP contribution is -2.28. The highest BCUT2D eigenvalue weighted by Gasteiger charge is 2.25. The van der Waals surface area contributed by atoms with Crippen LogP contribution in [0, 0.1) is 0 Å². The first-order valence-corrected chi connectivity index (χ1v) is 5.28. The minimum atomic E-state index is -0.755. The number of rotatable bonds is 5. The van der Waals surface area contributed by atoms with Gasteiger partial charge in [0.25, 0.3) is 0 Å². The van der Waals surface area contributed by atoms with Crippen LogP contribution in [0.4, 0.5) is 0 Å². The summed E-state index contributed by atoms with van der Waals surface area (Å²) in [6.45, 7) is 0.532. The van der Waals surface area contributed by atoms with Crippen molar-refractivity contribution in [3.8, 4) is 0 Å². The summed E-state index contributed by atoms with van der Waals surface area (Å²) in [6, 6.07) is 9.94. The summed E-state index contributed by atoms with van der Waals surface area (Å²) in [4.78, 5) is 11.1. The van der Waals surface area contributed by atoms with Crippen LogP contribution in [0.2, 0.25) is 0 Å². The predicted molar refractivity (Wildman–Crippen MR) is 57.8 cm³/mol. The number of carbonyl (C=O) groups is 1. The minimum absolute atomic E-state index is 0.424. The third kappa shape index (κ3) is 2.80. The zero-order valence-electron chi connectivity index (χ0n) is 8.52. The van der Waals surface area contributed by atoms with Gasteiger partial charge in [-0.2, -0.15) is 0 Å². The van der Waals surface area contributed by atoms with E-state index in [0.717, 1.165) is 5.56 Å². The number of nitrogens with one attached hydrogen (secondary N) is 1. The van der Waals surface area contributed by atoms with Gasteiger partial charge >= 0.3 is 5.97 Å². The number of hydrogen-bond donors (Lipinski definition) is 2. The quantitative estimate of drug-likeness (QED) is 0.767. The van der Waals surface area contributed by atoms with Crippen LogP contribution in [0.25, 0.3) is 0 Å². The Balaban J connectivity index is 2.01. The van der Waals surface area contributed by atoms with Crippen molar-refractivity contribution in [2.75, 3.05) is 6.54 Å². The van der Waals surface area contributed by atoms with Crippen molar-refractivity contribution in [3.63, 3.8) is 0 Å². The van der Waals surface area contributed by atoms with E-state index in [4.69, 9.17) is 5.11 Å². The molecule has 3 heteroatoms. The molecule has 0 aliphatic heterocycles. The van der Waals surface area contributed by atoms with E-state index < -0.39 is 11.9 Å². The van der Waals surface area contributed by atoms with Crippen molar-refractivity contribution in [1.29, 1.82) is 0 Å². The smallest absolute Gasteiger partial charge is 0.312 e. The molecule has 1 aromatic rings. The fourth-order valence-corrected chi connectivity index (χ4v) is 1.61. The molecule has 1 fully saturated rings. The summed E-state index contributed by atoms with van der Waals surface area (Å²) in [5.74, 6) is -1.18. The molecule has 0 saturated heterocycles.